The molecule has 1 saturated carbocycles. The summed E-state index contributed by atoms with van der Waals surface area (Å²) >= 11 is 12.0. The van der Waals surface area contributed by atoms with Crippen LogP contribution >= 0.6 is 23.2 Å². The number of sulfonamides is 1. The van der Waals surface area contributed by atoms with E-state index in [0.717, 1.165) is 19.3 Å². The minimum Gasteiger partial charge on any atom is -0.336 e. The highest BCUT2D eigenvalue weighted by atomic mass is 35.5. The molecule has 1 amide bonds. The van der Waals surface area contributed by atoms with E-state index >= 15 is 0 Å². The minimum absolute atomic E-state index is 0.0100. The van der Waals surface area contributed by atoms with Crippen LogP contribution in [0.4, 0.5) is 0 Å². The number of hydrogen-bond acceptors (Lipinski definition) is 5. The summed E-state index contributed by atoms with van der Waals surface area (Å²) in [5.41, 5.74) is -0.780. The number of carbonyl (C=O) groups excluding carboxylic acids is 1. The summed E-state index contributed by atoms with van der Waals surface area (Å²) in [6.07, 6.45) is 4.31. The third-order valence-electron chi connectivity index (χ3n) is 6.00. The zero-order chi connectivity index (χ0) is 21.9. The quantitative estimate of drug-likeness (QED) is 0.710. The second-order valence-corrected chi connectivity index (χ2v) is 10.7. The number of nitrogens with one attached hydrogen (secondary N) is 1. The van der Waals surface area contributed by atoms with Crippen LogP contribution in [-0.2, 0) is 14.8 Å². The number of hydrogen-bond donors (Lipinski definition) is 1. The van der Waals surface area contributed by atoms with E-state index in [9.17, 15) is 18.5 Å². The van der Waals surface area contributed by atoms with E-state index in [0.29, 0.717) is 31.0 Å². The fourth-order valence-electron chi connectivity index (χ4n) is 4.07. The van der Waals surface area contributed by atoms with Gasteiger partial charge in [0.2, 0.25) is 15.9 Å². The van der Waals surface area contributed by atoms with Crippen molar-refractivity contribution in [2.45, 2.75) is 55.5 Å². The monoisotopic (exact) mass is 472 g/mol. The van der Waals surface area contributed by atoms with Crippen molar-refractivity contribution in [1.29, 1.82) is 5.26 Å². The summed E-state index contributed by atoms with van der Waals surface area (Å²) in [5.74, 6) is -0.187. The topological polar surface area (TPSA) is 93.5 Å². The molecular formula is C20H26Cl2N4O3S. The molecule has 2 fully saturated rings. The van der Waals surface area contributed by atoms with Crippen LogP contribution in [0.3, 0.4) is 0 Å². The molecule has 2 aliphatic rings. The van der Waals surface area contributed by atoms with Crippen molar-refractivity contribution in [2.75, 3.05) is 26.2 Å². The Morgan fingerprint density at radius 1 is 1.17 bits per heavy atom. The lowest BCUT2D eigenvalue weighted by Gasteiger charge is -2.38. The smallest absolute Gasteiger partial charge is 0.244 e. The number of nitrogens with zero attached hydrogens (tertiary/aromatic N) is 3. The van der Waals surface area contributed by atoms with Gasteiger partial charge in [0.05, 0.1) is 17.1 Å². The Hall–Kier alpha value is -1.37. The predicted molar refractivity (Wildman–Crippen MR) is 116 cm³/mol. The van der Waals surface area contributed by atoms with Crippen LogP contribution in [0.2, 0.25) is 10.0 Å². The van der Waals surface area contributed by atoms with E-state index in [1.807, 2.05) is 4.90 Å². The van der Waals surface area contributed by atoms with Crippen molar-refractivity contribution in [3.05, 3.63) is 28.2 Å². The maximum atomic E-state index is 13.0. The number of carbonyl (C=O) groups is 1. The molecule has 1 aliphatic carbocycles. The van der Waals surface area contributed by atoms with Crippen molar-refractivity contribution in [1.82, 2.24) is 14.5 Å². The normalized spacial score (nSPS) is 21.5. The molecular weight excluding hydrogens is 447 g/mol. The van der Waals surface area contributed by atoms with Gasteiger partial charge in [0.25, 0.3) is 0 Å². The van der Waals surface area contributed by atoms with E-state index < -0.39 is 21.6 Å². The average Bonchev–Trinajstić information content (AvgIpc) is 2.75. The first-order valence-electron chi connectivity index (χ1n) is 10.1. The summed E-state index contributed by atoms with van der Waals surface area (Å²) in [4.78, 5) is 14.7. The Kier molecular flexibility index (Phi) is 7.31. The maximum absolute atomic E-state index is 13.0. The minimum atomic E-state index is -3.77. The van der Waals surface area contributed by atoms with Crippen LogP contribution < -0.4 is 5.32 Å². The Morgan fingerprint density at radius 3 is 2.40 bits per heavy atom. The van der Waals surface area contributed by atoms with Gasteiger partial charge in [-0.15, -0.1) is 0 Å². The van der Waals surface area contributed by atoms with Crippen LogP contribution in [0.25, 0.3) is 0 Å². The van der Waals surface area contributed by atoms with Gasteiger partial charge in [-0.05, 0) is 38.0 Å². The third kappa shape index (κ3) is 4.92. The van der Waals surface area contributed by atoms with Gasteiger partial charge in [-0.25, -0.2) is 8.42 Å². The van der Waals surface area contributed by atoms with E-state index in [1.54, 1.807) is 13.0 Å². The molecule has 1 heterocycles. The number of nitriles is 1. The van der Waals surface area contributed by atoms with Crippen molar-refractivity contribution in [3.8, 4) is 6.07 Å². The summed E-state index contributed by atoms with van der Waals surface area (Å²) in [7, 11) is -3.77. The van der Waals surface area contributed by atoms with E-state index in [1.165, 1.54) is 16.4 Å². The summed E-state index contributed by atoms with van der Waals surface area (Å²) in [5, 5.41) is 13.0. The molecule has 1 saturated heterocycles. The first kappa shape index (κ1) is 23.3. The second kappa shape index (κ2) is 9.41. The fourth-order valence-corrected chi connectivity index (χ4v) is 6.23. The lowest BCUT2D eigenvalue weighted by molar-refractivity contribution is -0.128. The highest BCUT2D eigenvalue weighted by Crippen LogP contribution is 2.29. The zero-order valence-corrected chi connectivity index (χ0v) is 19.2. The second-order valence-electron chi connectivity index (χ2n) is 7.93. The first-order chi connectivity index (χ1) is 14.2. The molecule has 7 nitrogen and oxygen atoms in total. The lowest BCUT2D eigenvalue weighted by atomic mass is 9.82. The van der Waals surface area contributed by atoms with Crippen molar-refractivity contribution in [3.63, 3.8) is 0 Å². The lowest BCUT2D eigenvalue weighted by Crippen LogP contribution is -2.58. The molecule has 30 heavy (non-hydrogen) atoms. The van der Waals surface area contributed by atoms with E-state index in [2.05, 4.69) is 11.4 Å². The molecule has 1 N–H and O–H groups in total. The van der Waals surface area contributed by atoms with Crippen LogP contribution in [0.15, 0.2) is 23.1 Å². The predicted octanol–water partition coefficient (Wildman–Crippen LogP) is 3.03. The summed E-state index contributed by atoms with van der Waals surface area (Å²) in [6.45, 7) is 3.09. The van der Waals surface area contributed by atoms with Gasteiger partial charge in [-0.2, -0.15) is 9.57 Å². The van der Waals surface area contributed by atoms with Crippen LogP contribution in [0, 0.1) is 11.3 Å². The molecule has 0 bridgehead atoms. The zero-order valence-electron chi connectivity index (χ0n) is 16.9. The van der Waals surface area contributed by atoms with E-state index in [-0.39, 0.29) is 28.9 Å². The molecule has 0 radical (unpaired) electrons. The maximum Gasteiger partial charge on any atom is 0.244 e. The first-order valence-corrected chi connectivity index (χ1v) is 12.3. The largest absolute Gasteiger partial charge is 0.336 e. The SMILES string of the molecule is CC(C(=O)NC1(C#N)CCCCC1)N1CCN(S(=O)(=O)c2cc(Cl)ccc2Cl)CC1. The van der Waals surface area contributed by atoms with Gasteiger partial charge in [-0.1, -0.05) is 42.5 Å². The molecule has 0 aromatic heterocycles. The average molecular weight is 473 g/mol. The van der Waals surface area contributed by atoms with Crippen LogP contribution in [0.1, 0.15) is 39.0 Å². The standard InChI is InChI=1S/C20H26Cl2N4O3S/c1-15(19(27)24-20(14-23)7-3-2-4-8-20)25-9-11-26(12-10-25)30(28,29)18-13-16(21)5-6-17(18)22/h5-6,13,15H,2-4,7-12H2,1H3,(H,24,27). The van der Waals surface area contributed by atoms with Gasteiger partial charge < -0.3 is 5.32 Å². The van der Waals surface area contributed by atoms with Crippen molar-refractivity contribution >= 4 is 39.1 Å². The molecule has 1 atom stereocenters. The van der Waals surface area contributed by atoms with Gasteiger partial charge in [-0.3, -0.25) is 9.69 Å². The van der Waals surface area contributed by atoms with Gasteiger partial charge in [0, 0.05) is 31.2 Å². The highest BCUT2D eigenvalue weighted by molar-refractivity contribution is 7.89. The van der Waals surface area contributed by atoms with Crippen LogP contribution in [-0.4, -0.2) is 61.3 Å². The Balaban J connectivity index is 1.62. The van der Waals surface area contributed by atoms with Crippen molar-refractivity contribution in [2.24, 2.45) is 0 Å². The molecule has 1 aliphatic heterocycles. The number of piperazine rings is 1. The van der Waals surface area contributed by atoms with Gasteiger partial charge in [0.15, 0.2) is 0 Å². The molecule has 1 unspecified atom stereocenters. The number of benzene rings is 1. The number of rotatable bonds is 5. The number of halogens is 2. The fraction of sp³-hybridized carbons (Fsp3) is 0.600. The Morgan fingerprint density at radius 2 is 1.80 bits per heavy atom. The van der Waals surface area contributed by atoms with Crippen LogP contribution in [0.5, 0.6) is 0 Å². The summed E-state index contributed by atoms with van der Waals surface area (Å²) < 4.78 is 27.3. The molecule has 164 valence electrons. The van der Waals surface area contributed by atoms with E-state index in [4.69, 9.17) is 23.2 Å². The van der Waals surface area contributed by atoms with Crippen molar-refractivity contribution < 1.29 is 13.2 Å². The Bertz CT molecular complexity index is 934. The van der Waals surface area contributed by atoms with Gasteiger partial charge in [0.1, 0.15) is 10.4 Å². The Labute approximate surface area is 188 Å². The number of amides is 1. The third-order valence-corrected chi connectivity index (χ3v) is 8.61. The molecule has 1 aromatic rings. The molecule has 0 spiro atoms. The molecule has 10 heteroatoms. The summed E-state index contributed by atoms with van der Waals surface area (Å²) in [6, 6.07) is 6.22. The highest BCUT2D eigenvalue weighted by Gasteiger charge is 2.37. The molecule has 3 rings (SSSR count). The van der Waals surface area contributed by atoms with Gasteiger partial charge >= 0.3 is 0 Å². The molecule has 1 aromatic carbocycles.